The number of rotatable bonds is 5. The van der Waals surface area contributed by atoms with Crippen molar-refractivity contribution in [3.05, 3.63) is 34.2 Å². The molecule has 2 aromatic rings. The van der Waals surface area contributed by atoms with Gasteiger partial charge in [-0.1, -0.05) is 0 Å². The molecule has 2 amide bonds. The van der Waals surface area contributed by atoms with Crippen molar-refractivity contribution < 1.29 is 19.1 Å². The van der Waals surface area contributed by atoms with Crippen LogP contribution in [0.1, 0.15) is 22.4 Å². The first kappa shape index (κ1) is 19.7. The highest BCUT2D eigenvalue weighted by Gasteiger charge is 2.37. The SMILES string of the molecule is COc1ccc(OC)c(N2C[C@H](C(=O)Nc3sc(C)c(C)c3C#N)CC2=O)c1. The average Bonchev–Trinajstić information content (AvgIpc) is 3.20. The number of hydrogen-bond donors (Lipinski definition) is 1. The summed E-state index contributed by atoms with van der Waals surface area (Å²) in [6.45, 7) is 4.00. The van der Waals surface area contributed by atoms with Crippen LogP contribution >= 0.6 is 11.3 Å². The zero-order valence-electron chi connectivity index (χ0n) is 16.2. The van der Waals surface area contributed by atoms with Gasteiger partial charge in [0.05, 0.1) is 31.4 Å². The first-order valence-corrected chi connectivity index (χ1v) is 9.54. The van der Waals surface area contributed by atoms with Crippen molar-refractivity contribution in [2.75, 3.05) is 31.0 Å². The van der Waals surface area contributed by atoms with Crippen LogP contribution in [-0.2, 0) is 9.59 Å². The lowest BCUT2D eigenvalue weighted by Gasteiger charge is -2.20. The molecule has 7 nitrogen and oxygen atoms in total. The number of hydrogen-bond acceptors (Lipinski definition) is 6. The van der Waals surface area contributed by atoms with E-state index in [9.17, 15) is 14.9 Å². The topological polar surface area (TPSA) is 91.7 Å². The number of amides is 2. The fourth-order valence-electron chi connectivity index (χ4n) is 3.19. The Hall–Kier alpha value is -3.05. The normalized spacial score (nSPS) is 16.0. The molecule has 1 fully saturated rings. The summed E-state index contributed by atoms with van der Waals surface area (Å²) in [6, 6.07) is 7.33. The van der Waals surface area contributed by atoms with Crippen molar-refractivity contribution in [3.8, 4) is 17.6 Å². The Kier molecular flexibility index (Phi) is 5.56. The molecule has 1 aromatic carbocycles. The largest absolute Gasteiger partial charge is 0.497 e. The summed E-state index contributed by atoms with van der Waals surface area (Å²) in [6.07, 6.45) is 0.0947. The fourth-order valence-corrected chi connectivity index (χ4v) is 4.20. The summed E-state index contributed by atoms with van der Waals surface area (Å²) in [5.74, 6) is 0.185. The summed E-state index contributed by atoms with van der Waals surface area (Å²) in [5.41, 5.74) is 1.92. The molecule has 1 atom stereocenters. The van der Waals surface area contributed by atoms with Crippen LogP contribution in [0.4, 0.5) is 10.7 Å². The summed E-state index contributed by atoms with van der Waals surface area (Å²) >= 11 is 1.37. The Morgan fingerprint density at radius 2 is 2.07 bits per heavy atom. The fraction of sp³-hybridized carbons (Fsp3) is 0.350. The van der Waals surface area contributed by atoms with Crippen LogP contribution < -0.4 is 19.7 Å². The maximum absolute atomic E-state index is 12.8. The van der Waals surface area contributed by atoms with Crippen LogP contribution in [0.3, 0.4) is 0 Å². The summed E-state index contributed by atoms with van der Waals surface area (Å²) < 4.78 is 10.6. The van der Waals surface area contributed by atoms with Crippen molar-refractivity contribution in [3.63, 3.8) is 0 Å². The lowest BCUT2D eigenvalue weighted by Crippen LogP contribution is -2.28. The molecule has 1 aliphatic heterocycles. The second-order valence-corrected chi connectivity index (χ2v) is 7.76. The molecule has 28 heavy (non-hydrogen) atoms. The number of carbonyl (C=O) groups excluding carboxylic acids is 2. The molecule has 0 spiro atoms. The Morgan fingerprint density at radius 1 is 1.32 bits per heavy atom. The number of nitrogens with zero attached hydrogens (tertiary/aromatic N) is 2. The third kappa shape index (κ3) is 3.53. The van der Waals surface area contributed by atoms with Crippen LogP contribution in [0.5, 0.6) is 11.5 Å². The maximum atomic E-state index is 12.8. The van der Waals surface area contributed by atoms with Crippen LogP contribution in [-0.4, -0.2) is 32.6 Å². The minimum absolute atomic E-state index is 0.0947. The second kappa shape index (κ2) is 7.90. The van der Waals surface area contributed by atoms with E-state index in [-0.39, 0.29) is 24.8 Å². The van der Waals surface area contributed by atoms with Gasteiger partial charge in [0.15, 0.2) is 0 Å². The molecule has 3 rings (SSSR count). The number of ether oxygens (including phenoxy) is 2. The van der Waals surface area contributed by atoms with E-state index in [1.54, 1.807) is 30.2 Å². The first-order valence-electron chi connectivity index (χ1n) is 8.73. The number of methoxy groups -OCH3 is 2. The van der Waals surface area contributed by atoms with E-state index < -0.39 is 5.92 Å². The highest BCUT2D eigenvalue weighted by atomic mass is 32.1. The lowest BCUT2D eigenvalue weighted by molar-refractivity contribution is -0.122. The van der Waals surface area contributed by atoms with E-state index in [1.165, 1.54) is 18.4 Å². The molecule has 0 saturated carbocycles. The zero-order valence-corrected chi connectivity index (χ0v) is 17.0. The molecular formula is C20H21N3O4S. The van der Waals surface area contributed by atoms with Gasteiger partial charge in [0.2, 0.25) is 11.8 Å². The Bertz CT molecular complexity index is 977. The maximum Gasteiger partial charge on any atom is 0.230 e. The smallest absolute Gasteiger partial charge is 0.230 e. The molecule has 0 bridgehead atoms. The van der Waals surface area contributed by atoms with Gasteiger partial charge in [-0.05, 0) is 31.5 Å². The number of anilines is 2. The van der Waals surface area contributed by atoms with Gasteiger partial charge in [-0.3, -0.25) is 9.59 Å². The van der Waals surface area contributed by atoms with E-state index in [1.807, 2.05) is 13.8 Å². The number of benzene rings is 1. The predicted octanol–water partition coefficient (Wildman–Crippen LogP) is 3.25. The van der Waals surface area contributed by atoms with E-state index in [4.69, 9.17) is 9.47 Å². The van der Waals surface area contributed by atoms with Gasteiger partial charge in [-0.25, -0.2) is 0 Å². The van der Waals surface area contributed by atoms with Crippen LogP contribution in [0.15, 0.2) is 18.2 Å². The van der Waals surface area contributed by atoms with Crippen LogP contribution in [0.2, 0.25) is 0 Å². The van der Waals surface area contributed by atoms with Gasteiger partial charge < -0.3 is 19.7 Å². The number of nitrogens with one attached hydrogen (secondary N) is 1. The molecule has 146 valence electrons. The molecule has 0 aliphatic carbocycles. The van der Waals surface area contributed by atoms with Gasteiger partial charge in [0, 0.05) is 23.9 Å². The lowest BCUT2D eigenvalue weighted by atomic mass is 10.1. The number of nitriles is 1. The van der Waals surface area contributed by atoms with E-state index >= 15 is 0 Å². The van der Waals surface area contributed by atoms with Crippen LogP contribution in [0, 0.1) is 31.1 Å². The third-order valence-electron chi connectivity index (χ3n) is 4.91. The molecule has 8 heteroatoms. The average molecular weight is 399 g/mol. The molecule has 1 N–H and O–H groups in total. The second-order valence-electron chi connectivity index (χ2n) is 6.53. The minimum Gasteiger partial charge on any atom is -0.497 e. The highest BCUT2D eigenvalue weighted by Crippen LogP contribution is 2.37. The van der Waals surface area contributed by atoms with Crippen molar-refractivity contribution in [2.45, 2.75) is 20.3 Å². The summed E-state index contributed by atoms with van der Waals surface area (Å²) in [5, 5.41) is 12.7. The molecule has 0 radical (unpaired) electrons. The Labute approximate surface area is 167 Å². The third-order valence-corrected chi connectivity index (χ3v) is 6.03. The molecule has 2 heterocycles. The quantitative estimate of drug-likeness (QED) is 0.833. The van der Waals surface area contributed by atoms with E-state index in [0.717, 1.165) is 10.4 Å². The van der Waals surface area contributed by atoms with Crippen molar-refractivity contribution in [1.82, 2.24) is 0 Å². The van der Waals surface area contributed by atoms with Gasteiger partial charge in [0.1, 0.15) is 22.6 Å². The Morgan fingerprint density at radius 3 is 2.71 bits per heavy atom. The summed E-state index contributed by atoms with van der Waals surface area (Å²) in [4.78, 5) is 27.9. The molecule has 0 unspecified atom stereocenters. The van der Waals surface area contributed by atoms with Crippen molar-refractivity contribution in [1.29, 1.82) is 5.26 Å². The first-order chi connectivity index (χ1) is 13.4. The van der Waals surface area contributed by atoms with Crippen molar-refractivity contribution in [2.24, 2.45) is 5.92 Å². The van der Waals surface area contributed by atoms with Gasteiger partial charge in [0.25, 0.3) is 0 Å². The minimum atomic E-state index is -0.516. The zero-order chi connectivity index (χ0) is 20.4. The number of thiophene rings is 1. The van der Waals surface area contributed by atoms with Gasteiger partial charge in [-0.15, -0.1) is 11.3 Å². The highest BCUT2D eigenvalue weighted by molar-refractivity contribution is 7.16. The number of carbonyl (C=O) groups is 2. The van der Waals surface area contributed by atoms with E-state index in [0.29, 0.717) is 27.8 Å². The van der Waals surface area contributed by atoms with Gasteiger partial charge in [-0.2, -0.15) is 5.26 Å². The molecule has 1 aromatic heterocycles. The summed E-state index contributed by atoms with van der Waals surface area (Å²) in [7, 11) is 3.08. The molecular weight excluding hydrogens is 378 g/mol. The predicted molar refractivity (Wildman–Crippen MR) is 107 cm³/mol. The number of aryl methyl sites for hydroxylation is 1. The van der Waals surface area contributed by atoms with Crippen LogP contribution in [0.25, 0.3) is 0 Å². The van der Waals surface area contributed by atoms with Crippen molar-refractivity contribution >= 4 is 33.8 Å². The molecule has 1 saturated heterocycles. The van der Waals surface area contributed by atoms with Gasteiger partial charge >= 0.3 is 0 Å². The monoisotopic (exact) mass is 399 g/mol. The Balaban J connectivity index is 1.81. The van der Waals surface area contributed by atoms with E-state index in [2.05, 4.69) is 11.4 Å². The molecule has 1 aliphatic rings. The standard InChI is InChI=1S/C20H21N3O4S/c1-11-12(2)28-20(15(11)9-21)22-19(25)13-7-18(24)23(10-13)16-8-14(26-3)5-6-17(16)27-4/h5-6,8,13H,7,10H2,1-4H3,(H,22,25)/t13-/m1/s1.